The molecule has 0 saturated carbocycles. The Morgan fingerprint density at radius 1 is 0.970 bits per heavy atom. The number of aryl methyl sites for hydroxylation is 1. The lowest BCUT2D eigenvalue weighted by Crippen LogP contribution is -2.45. The Kier molecular flexibility index (Phi) is 8.92. The van der Waals surface area contributed by atoms with Crippen LogP contribution in [0.15, 0.2) is 66.7 Å². The Morgan fingerprint density at radius 2 is 1.73 bits per heavy atom. The van der Waals surface area contributed by atoms with Crippen molar-refractivity contribution in [1.29, 1.82) is 0 Å². The van der Waals surface area contributed by atoms with Crippen molar-refractivity contribution < 1.29 is 9.59 Å². The summed E-state index contributed by atoms with van der Waals surface area (Å²) >= 11 is 7.73. The van der Waals surface area contributed by atoms with Crippen LogP contribution in [-0.4, -0.2) is 34.8 Å². The van der Waals surface area contributed by atoms with E-state index in [1.165, 1.54) is 4.88 Å². The first-order valence-electron chi connectivity index (χ1n) is 11.0. The second-order valence-corrected chi connectivity index (χ2v) is 10.3. The lowest BCUT2D eigenvalue weighted by atomic mass is 10.2. The number of halogens is 1. The maximum absolute atomic E-state index is 13.4. The van der Waals surface area contributed by atoms with Gasteiger partial charge in [0.25, 0.3) is 0 Å². The van der Waals surface area contributed by atoms with Gasteiger partial charge in [0.1, 0.15) is 6.54 Å². The van der Waals surface area contributed by atoms with Gasteiger partial charge in [-0.15, -0.1) is 11.3 Å². The Hall–Kier alpha value is -2.83. The molecule has 5 nitrogen and oxygen atoms in total. The van der Waals surface area contributed by atoms with Gasteiger partial charge in [0.2, 0.25) is 5.91 Å². The van der Waals surface area contributed by atoms with Crippen LogP contribution in [0.5, 0.6) is 0 Å². The molecule has 0 atom stereocenters. The van der Waals surface area contributed by atoms with Gasteiger partial charge in [-0.05, 0) is 48.7 Å². The molecule has 0 spiro atoms. The van der Waals surface area contributed by atoms with Gasteiger partial charge in [-0.25, -0.2) is 4.79 Å². The summed E-state index contributed by atoms with van der Waals surface area (Å²) in [5.41, 5.74) is 1.65. The predicted octanol–water partition coefficient (Wildman–Crippen LogP) is 6.43. The van der Waals surface area contributed by atoms with Crippen LogP contribution in [-0.2, 0) is 17.9 Å². The third kappa shape index (κ3) is 7.91. The molecular weight excluding hydrogens is 454 g/mol. The summed E-state index contributed by atoms with van der Waals surface area (Å²) < 4.78 is 0. The van der Waals surface area contributed by atoms with E-state index in [4.69, 9.17) is 11.6 Å². The molecule has 0 aliphatic heterocycles. The van der Waals surface area contributed by atoms with E-state index in [0.717, 1.165) is 10.4 Å². The average Bonchev–Trinajstić information content (AvgIpc) is 3.18. The number of rotatable bonds is 9. The zero-order valence-electron chi connectivity index (χ0n) is 19.3. The van der Waals surface area contributed by atoms with E-state index in [9.17, 15) is 9.59 Å². The SMILES string of the molecule is Cc1ccc(CN(Cc2ccccc2)C(=O)CN(CC(C)C)C(=O)Nc2cccc(Cl)c2)s1. The normalized spacial score (nSPS) is 10.8. The highest BCUT2D eigenvalue weighted by molar-refractivity contribution is 7.11. The number of nitrogens with one attached hydrogen (secondary N) is 1. The van der Waals surface area contributed by atoms with Crippen LogP contribution in [0.2, 0.25) is 5.02 Å². The van der Waals surface area contributed by atoms with Crippen LogP contribution in [0.1, 0.15) is 29.2 Å². The van der Waals surface area contributed by atoms with Crippen LogP contribution < -0.4 is 5.32 Å². The van der Waals surface area contributed by atoms with E-state index in [0.29, 0.717) is 30.3 Å². The number of thiophene rings is 1. The number of carbonyl (C=O) groups is 2. The Balaban J connectivity index is 1.76. The molecule has 0 bridgehead atoms. The number of benzene rings is 2. The minimum Gasteiger partial charge on any atom is -0.332 e. The molecule has 33 heavy (non-hydrogen) atoms. The first-order valence-corrected chi connectivity index (χ1v) is 12.2. The van der Waals surface area contributed by atoms with Crippen molar-refractivity contribution in [2.24, 2.45) is 5.92 Å². The fourth-order valence-electron chi connectivity index (χ4n) is 3.49. The van der Waals surface area contributed by atoms with Gasteiger partial charge in [-0.3, -0.25) is 4.79 Å². The second-order valence-electron chi connectivity index (χ2n) is 8.46. The summed E-state index contributed by atoms with van der Waals surface area (Å²) in [5, 5.41) is 3.41. The number of hydrogen-bond donors (Lipinski definition) is 1. The molecule has 174 valence electrons. The summed E-state index contributed by atoms with van der Waals surface area (Å²) in [6.07, 6.45) is 0. The minimum atomic E-state index is -0.314. The largest absolute Gasteiger partial charge is 0.332 e. The molecule has 1 heterocycles. The third-order valence-electron chi connectivity index (χ3n) is 4.99. The average molecular weight is 484 g/mol. The standard InChI is InChI=1S/C26H30ClN3O2S/c1-19(2)15-30(26(32)28-23-11-7-10-22(27)14-23)18-25(31)29(16-21-8-5-4-6-9-21)17-24-13-12-20(3)33-24/h4-14,19H,15-18H2,1-3H3,(H,28,32). The van der Waals surface area contributed by atoms with Gasteiger partial charge in [-0.1, -0.05) is 61.8 Å². The van der Waals surface area contributed by atoms with E-state index in [1.54, 1.807) is 40.5 Å². The number of hydrogen-bond acceptors (Lipinski definition) is 3. The van der Waals surface area contributed by atoms with Crippen LogP contribution in [0.3, 0.4) is 0 Å². The van der Waals surface area contributed by atoms with Gasteiger partial charge in [-0.2, -0.15) is 0 Å². The van der Waals surface area contributed by atoms with E-state index in [-0.39, 0.29) is 24.4 Å². The third-order valence-corrected chi connectivity index (χ3v) is 6.21. The molecule has 1 aromatic heterocycles. The van der Waals surface area contributed by atoms with Gasteiger partial charge in [0, 0.05) is 33.6 Å². The van der Waals surface area contributed by atoms with E-state index < -0.39 is 0 Å². The van der Waals surface area contributed by atoms with Crippen molar-refractivity contribution in [2.75, 3.05) is 18.4 Å². The quantitative estimate of drug-likeness (QED) is 0.381. The zero-order valence-corrected chi connectivity index (χ0v) is 20.8. The molecule has 3 rings (SSSR count). The lowest BCUT2D eigenvalue weighted by Gasteiger charge is -2.29. The van der Waals surface area contributed by atoms with Gasteiger partial charge in [0.05, 0.1) is 6.54 Å². The fraction of sp³-hybridized carbons (Fsp3) is 0.308. The number of urea groups is 1. The maximum Gasteiger partial charge on any atom is 0.322 e. The van der Waals surface area contributed by atoms with E-state index >= 15 is 0 Å². The Bertz CT molecular complexity index is 1070. The highest BCUT2D eigenvalue weighted by Crippen LogP contribution is 2.20. The number of amides is 3. The van der Waals surface area contributed by atoms with Gasteiger partial charge in [0.15, 0.2) is 0 Å². The predicted molar refractivity (Wildman–Crippen MR) is 137 cm³/mol. The summed E-state index contributed by atoms with van der Waals surface area (Å²) in [5.74, 6) is 0.122. The first-order chi connectivity index (χ1) is 15.8. The van der Waals surface area contributed by atoms with Gasteiger partial charge < -0.3 is 15.1 Å². The van der Waals surface area contributed by atoms with Crippen LogP contribution in [0.4, 0.5) is 10.5 Å². The number of anilines is 1. The topological polar surface area (TPSA) is 52.7 Å². The summed E-state index contributed by atoms with van der Waals surface area (Å²) in [7, 11) is 0. The molecule has 0 radical (unpaired) electrons. The summed E-state index contributed by atoms with van der Waals surface area (Å²) in [6, 6.07) is 20.7. The van der Waals surface area contributed by atoms with Crippen LogP contribution in [0.25, 0.3) is 0 Å². The van der Waals surface area contributed by atoms with Gasteiger partial charge >= 0.3 is 6.03 Å². The van der Waals surface area contributed by atoms with E-state index in [2.05, 4.69) is 24.4 Å². The highest BCUT2D eigenvalue weighted by Gasteiger charge is 2.23. The highest BCUT2D eigenvalue weighted by atomic mass is 35.5. The van der Waals surface area contributed by atoms with Crippen molar-refractivity contribution in [1.82, 2.24) is 9.80 Å². The molecule has 0 unspecified atom stereocenters. The molecule has 2 aromatic carbocycles. The van der Waals surface area contributed by atoms with Crippen molar-refractivity contribution in [3.63, 3.8) is 0 Å². The molecule has 3 amide bonds. The molecule has 1 N–H and O–H groups in total. The Morgan fingerprint density at radius 3 is 2.36 bits per heavy atom. The van der Waals surface area contributed by atoms with Crippen molar-refractivity contribution in [2.45, 2.75) is 33.9 Å². The maximum atomic E-state index is 13.4. The molecule has 0 saturated heterocycles. The van der Waals surface area contributed by atoms with E-state index in [1.807, 2.05) is 49.1 Å². The minimum absolute atomic E-state index is 0.00176. The van der Waals surface area contributed by atoms with Crippen LogP contribution >= 0.6 is 22.9 Å². The lowest BCUT2D eigenvalue weighted by molar-refractivity contribution is -0.133. The second kappa shape index (κ2) is 11.9. The molecule has 0 fully saturated rings. The first kappa shape index (κ1) is 24.8. The molecule has 0 aliphatic carbocycles. The van der Waals surface area contributed by atoms with Crippen molar-refractivity contribution in [3.8, 4) is 0 Å². The number of nitrogens with zero attached hydrogens (tertiary/aromatic N) is 2. The summed E-state index contributed by atoms with van der Waals surface area (Å²) in [6.45, 7) is 7.58. The van der Waals surface area contributed by atoms with Crippen molar-refractivity contribution in [3.05, 3.63) is 87.1 Å². The number of carbonyl (C=O) groups excluding carboxylic acids is 2. The zero-order chi connectivity index (χ0) is 23.8. The molecule has 0 aliphatic rings. The monoisotopic (exact) mass is 483 g/mol. The smallest absolute Gasteiger partial charge is 0.322 e. The molecule has 7 heteroatoms. The molecular formula is C26H30ClN3O2S. The van der Waals surface area contributed by atoms with Crippen LogP contribution in [0, 0.1) is 12.8 Å². The van der Waals surface area contributed by atoms with Crippen molar-refractivity contribution >= 4 is 40.6 Å². The molecule has 3 aromatic rings. The fourth-order valence-corrected chi connectivity index (χ4v) is 4.58. The summed E-state index contributed by atoms with van der Waals surface area (Å²) in [4.78, 5) is 32.2. The Labute approximate surface area is 205 Å².